The van der Waals surface area contributed by atoms with E-state index in [1.165, 1.54) is 6.92 Å². The molecule has 5 heteroatoms. The van der Waals surface area contributed by atoms with E-state index in [9.17, 15) is 9.90 Å². The first-order chi connectivity index (χ1) is 7.98. The molecule has 1 aromatic rings. The predicted octanol–water partition coefficient (Wildman–Crippen LogP) is 1.87. The average Bonchev–Trinajstić information content (AvgIpc) is 2.52. The summed E-state index contributed by atoms with van der Waals surface area (Å²) in [5.41, 5.74) is -1.04. The van der Waals surface area contributed by atoms with Gasteiger partial charge in [0.05, 0.1) is 11.6 Å². The van der Waals surface area contributed by atoms with E-state index in [-0.39, 0.29) is 6.61 Å². The molecule has 1 heterocycles. The zero-order valence-electron chi connectivity index (χ0n) is 9.57. The number of halogens is 1. The minimum absolute atomic E-state index is 0.235. The number of aliphatic hydroxyl groups is 1. The smallest absolute Gasteiger partial charge is 0.350 e. The Morgan fingerprint density at radius 2 is 2.35 bits per heavy atom. The van der Waals surface area contributed by atoms with Gasteiger partial charge in [-0.1, -0.05) is 17.7 Å². The summed E-state index contributed by atoms with van der Waals surface area (Å²) in [5, 5.41) is 10.7. The number of rotatable bonds is 2. The molecule has 0 amide bonds. The molecule has 92 valence electrons. The van der Waals surface area contributed by atoms with Crippen LogP contribution in [0, 0.1) is 0 Å². The van der Waals surface area contributed by atoms with Crippen molar-refractivity contribution in [1.82, 2.24) is 0 Å². The first kappa shape index (κ1) is 12.2. The van der Waals surface area contributed by atoms with Crippen molar-refractivity contribution in [3.05, 3.63) is 28.8 Å². The van der Waals surface area contributed by atoms with Gasteiger partial charge < -0.3 is 14.6 Å². The van der Waals surface area contributed by atoms with Crippen LogP contribution in [0.4, 0.5) is 0 Å². The molecule has 1 aliphatic heterocycles. The van der Waals surface area contributed by atoms with Crippen molar-refractivity contribution in [2.75, 3.05) is 6.61 Å². The normalized spacial score (nSPS) is 26.2. The number of benzene rings is 1. The van der Waals surface area contributed by atoms with E-state index in [1.807, 2.05) is 0 Å². The van der Waals surface area contributed by atoms with E-state index in [4.69, 9.17) is 21.1 Å². The zero-order chi connectivity index (χ0) is 12.6. The molecule has 0 aliphatic carbocycles. The standard InChI is InChI=1S/C12H13ClO4/c1-3-16-11(14)10-12(2,15)9-7(13)5-4-6-8(9)17-10/h4-6,10,15H,3H2,1-2H3/t10-,12+/m1/s1. The van der Waals surface area contributed by atoms with Crippen LogP contribution in [0.5, 0.6) is 5.75 Å². The Kier molecular flexibility index (Phi) is 3.02. The summed E-state index contributed by atoms with van der Waals surface area (Å²) in [4.78, 5) is 11.7. The Bertz CT molecular complexity index is 456. The highest BCUT2D eigenvalue weighted by Crippen LogP contribution is 2.45. The minimum atomic E-state index is -1.47. The van der Waals surface area contributed by atoms with Crippen LogP contribution in [0.1, 0.15) is 19.4 Å². The lowest BCUT2D eigenvalue weighted by Crippen LogP contribution is -2.42. The Balaban J connectivity index is 2.40. The van der Waals surface area contributed by atoms with Gasteiger partial charge in [0.1, 0.15) is 11.4 Å². The fourth-order valence-electron chi connectivity index (χ4n) is 1.96. The molecule has 0 radical (unpaired) electrons. The zero-order valence-corrected chi connectivity index (χ0v) is 10.3. The lowest BCUT2D eigenvalue weighted by Gasteiger charge is -2.23. The molecule has 2 atom stereocenters. The lowest BCUT2D eigenvalue weighted by molar-refractivity contribution is -0.161. The van der Waals surface area contributed by atoms with Gasteiger partial charge >= 0.3 is 5.97 Å². The topological polar surface area (TPSA) is 55.8 Å². The van der Waals surface area contributed by atoms with Crippen molar-refractivity contribution in [3.8, 4) is 5.75 Å². The summed E-state index contributed by atoms with van der Waals surface area (Å²) >= 11 is 6.01. The average molecular weight is 257 g/mol. The summed E-state index contributed by atoms with van der Waals surface area (Å²) in [6, 6.07) is 5.01. The molecule has 0 saturated heterocycles. The fourth-order valence-corrected chi connectivity index (χ4v) is 2.32. The number of carbonyl (C=O) groups is 1. The van der Waals surface area contributed by atoms with Gasteiger partial charge in [0, 0.05) is 5.56 Å². The van der Waals surface area contributed by atoms with Crippen molar-refractivity contribution in [2.24, 2.45) is 0 Å². The molecule has 0 bridgehead atoms. The molecule has 1 aliphatic rings. The van der Waals surface area contributed by atoms with Gasteiger partial charge in [-0.25, -0.2) is 4.79 Å². The number of ether oxygens (including phenoxy) is 2. The number of fused-ring (bicyclic) bond motifs is 1. The summed E-state index contributed by atoms with van der Waals surface area (Å²) < 4.78 is 10.3. The Morgan fingerprint density at radius 3 is 2.94 bits per heavy atom. The van der Waals surface area contributed by atoms with Crippen LogP contribution in [0.15, 0.2) is 18.2 Å². The predicted molar refractivity (Wildman–Crippen MR) is 62.1 cm³/mol. The molecule has 1 aromatic carbocycles. The molecule has 0 aromatic heterocycles. The van der Waals surface area contributed by atoms with Gasteiger partial charge in [-0.15, -0.1) is 0 Å². The molecular formula is C12H13ClO4. The third kappa shape index (κ3) is 1.87. The highest BCUT2D eigenvalue weighted by atomic mass is 35.5. The Morgan fingerprint density at radius 1 is 1.65 bits per heavy atom. The van der Waals surface area contributed by atoms with Gasteiger partial charge in [0.2, 0.25) is 6.10 Å². The number of carbonyl (C=O) groups excluding carboxylic acids is 1. The van der Waals surface area contributed by atoms with Crippen molar-refractivity contribution in [1.29, 1.82) is 0 Å². The van der Waals surface area contributed by atoms with Crippen molar-refractivity contribution >= 4 is 17.6 Å². The van der Waals surface area contributed by atoms with E-state index in [0.29, 0.717) is 16.3 Å². The molecule has 0 spiro atoms. The van der Waals surface area contributed by atoms with Crippen LogP contribution in [-0.2, 0) is 15.1 Å². The number of esters is 1. The molecule has 0 fully saturated rings. The monoisotopic (exact) mass is 256 g/mol. The first-order valence-corrected chi connectivity index (χ1v) is 5.71. The van der Waals surface area contributed by atoms with E-state index < -0.39 is 17.7 Å². The molecule has 17 heavy (non-hydrogen) atoms. The van der Waals surface area contributed by atoms with Crippen LogP contribution in [-0.4, -0.2) is 23.8 Å². The fraction of sp³-hybridized carbons (Fsp3) is 0.417. The molecule has 1 N–H and O–H groups in total. The molecular weight excluding hydrogens is 244 g/mol. The largest absolute Gasteiger partial charge is 0.475 e. The summed E-state index contributed by atoms with van der Waals surface area (Å²) in [6.45, 7) is 3.42. The van der Waals surface area contributed by atoms with E-state index in [2.05, 4.69) is 0 Å². The minimum Gasteiger partial charge on any atom is -0.475 e. The Labute approximate surface area is 104 Å². The highest BCUT2D eigenvalue weighted by molar-refractivity contribution is 6.31. The SMILES string of the molecule is CCOC(=O)[C@H]1Oc2cccc(Cl)c2[C@]1(C)O. The van der Waals surface area contributed by atoms with E-state index in [0.717, 1.165) is 0 Å². The van der Waals surface area contributed by atoms with Crippen LogP contribution < -0.4 is 4.74 Å². The second-order valence-electron chi connectivity index (χ2n) is 4.01. The molecule has 2 rings (SSSR count). The van der Waals surface area contributed by atoms with Crippen LogP contribution in [0.3, 0.4) is 0 Å². The number of hydrogen-bond acceptors (Lipinski definition) is 4. The van der Waals surface area contributed by atoms with Crippen LogP contribution in [0.25, 0.3) is 0 Å². The second-order valence-corrected chi connectivity index (χ2v) is 4.42. The van der Waals surface area contributed by atoms with Crippen LogP contribution >= 0.6 is 11.6 Å². The second kappa shape index (κ2) is 4.20. The van der Waals surface area contributed by atoms with Gasteiger partial charge in [0.25, 0.3) is 0 Å². The highest BCUT2D eigenvalue weighted by Gasteiger charge is 2.50. The van der Waals surface area contributed by atoms with Gasteiger partial charge in [-0.05, 0) is 26.0 Å². The van der Waals surface area contributed by atoms with Crippen LogP contribution in [0.2, 0.25) is 5.02 Å². The Hall–Kier alpha value is -1.26. The first-order valence-electron chi connectivity index (χ1n) is 5.33. The quantitative estimate of drug-likeness (QED) is 0.821. The maximum Gasteiger partial charge on any atom is 0.350 e. The van der Waals surface area contributed by atoms with Gasteiger partial charge in [0.15, 0.2) is 0 Å². The molecule has 0 unspecified atom stereocenters. The van der Waals surface area contributed by atoms with Crippen molar-refractivity contribution in [2.45, 2.75) is 25.6 Å². The molecule has 0 saturated carbocycles. The summed E-state index contributed by atoms with van der Waals surface area (Å²) in [6.07, 6.45) is -1.07. The van der Waals surface area contributed by atoms with Gasteiger partial charge in [-0.3, -0.25) is 0 Å². The maximum atomic E-state index is 11.7. The number of hydrogen-bond donors (Lipinski definition) is 1. The van der Waals surface area contributed by atoms with Crippen molar-refractivity contribution in [3.63, 3.8) is 0 Å². The third-order valence-corrected chi connectivity index (χ3v) is 3.05. The maximum absolute atomic E-state index is 11.7. The summed E-state index contributed by atoms with van der Waals surface area (Å²) in [5.74, 6) is -0.176. The lowest BCUT2D eigenvalue weighted by atomic mass is 9.92. The van der Waals surface area contributed by atoms with Gasteiger partial charge in [-0.2, -0.15) is 0 Å². The molecule has 4 nitrogen and oxygen atoms in total. The van der Waals surface area contributed by atoms with E-state index in [1.54, 1.807) is 25.1 Å². The van der Waals surface area contributed by atoms with Crippen molar-refractivity contribution < 1.29 is 19.4 Å². The van der Waals surface area contributed by atoms with E-state index >= 15 is 0 Å². The summed E-state index contributed by atoms with van der Waals surface area (Å²) in [7, 11) is 0. The third-order valence-electron chi connectivity index (χ3n) is 2.74.